The Morgan fingerprint density at radius 1 is 1.12 bits per heavy atom. The number of halogens is 1. The minimum Gasteiger partial charge on any atom is -0.395 e. The number of benzene rings is 1. The van der Waals surface area contributed by atoms with Gasteiger partial charge >= 0.3 is 0 Å². The number of aliphatic hydroxyl groups excluding tert-OH is 1. The van der Waals surface area contributed by atoms with E-state index in [1.807, 2.05) is 12.1 Å². The van der Waals surface area contributed by atoms with Crippen molar-refractivity contribution >= 4 is 11.6 Å². The predicted octanol–water partition coefficient (Wildman–Crippen LogP) is 2.73. The number of hydrogen-bond acceptors (Lipinski definition) is 2. The quantitative estimate of drug-likeness (QED) is 0.892. The van der Waals surface area contributed by atoms with Gasteiger partial charge < -0.3 is 5.11 Å². The van der Waals surface area contributed by atoms with Crippen molar-refractivity contribution in [3.63, 3.8) is 0 Å². The summed E-state index contributed by atoms with van der Waals surface area (Å²) in [6, 6.07) is 8.20. The van der Waals surface area contributed by atoms with Crippen LogP contribution in [-0.2, 0) is 6.42 Å². The second kappa shape index (κ2) is 6.39. The first-order valence-electron chi connectivity index (χ1n) is 6.39. The van der Waals surface area contributed by atoms with Crippen molar-refractivity contribution in [2.75, 3.05) is 19.7 Å². The van der Waals surface area contributed by atoms with Crippen LogP contribution in [0.4, 0.5) is 0 Å². The lowest BCUT2D eigenvalue weighted by molar-refractivity contribution is 0.104. The molecule has 0 aromatic heterocycles. The summed E-state index contributed by atoms with van der Waals surface area (Å²) in [6.45, 7) is 2.49. The van der Waals surface area contributed by atoms with Crippen LogP contribution in [0.5, 0.6) is 0 Å². The van der Waals surface area contributed by atoms with Crippen LogP contribution in [0.3, 0.4) is 0 Å². The molecule has 1 saturated heterocycles. The molecule has 1 aromatic rings. The lowest BCUT2D eigenvalue weighted by Gasteiger charge is -2.33. The Kier molecular flexibility index (Phi) is 4.84. The number of hydrogen-bond donors (Lipinski definition) is 1. The number of nitrogens with zero attached hydrogens (tertiary/aromatic N) is 1. The molecule has 2 nitrogen and oxygen atoms in total. The van der Waals surface area contributed by atoms with Crippen molar-refractivity contribution < 1.29 is 5.11 Å². The zero-order valence-electron chi connectivity index (χ0n) is 10.1. The molecule has 2 rings (SSSR count). The lowest BCUT2D eigenvalue weighted by atomic mass is 10.0. The fourth-order valence-corrected chi connectivity index (χ4v) is 2.61. The number of likely N-dealkylation sites (tertiary alicyclic amines) is 1. The number of piperidine rings is 1. The fourth-order valence-electron chi connectivity index (χ4n) is 2.49. The van der Waals surface area contributed by atoms with Crippen LogP contribution >= 0.6 is 11.6 Å². The normalized spacial score (nSPS) is 19.2. The first-order chi connectivity index (χ1) is 8.29. The SMILES string of the molecule is OCC(Cc1ccc(Cl)cc1)N1CCCCC1. The lowest BCUT2D eigenvalue weighted by Crippen LogP contribution is -2.42. The zero-order valence-corrected chi connectivity index (χ0v) is 10.9. The van der Waals surface area contributed by atoms with Crippen LogP contribution < -0.4 is 0 Å². The summed E-state index contributed by atoms with van der Waals surface area (Å²) in [5.74, 6) is 0. The molecule has 1 aliphatic heterocycles. The van der Waals surface area contributed by atoms with E-state index in [2.05, 4.69) is 17.0 Å². The molecule has 0 aliphatic carbocycles. The highest BCUT2D eigenvalue weighted by Crippen LogP contribution is 2.17. The molecule has 17 heavy (non-hydrogen) atoms. The maximum Gasteiger partial charge on any atom is 0.0590 e. The predicted molar refractivity (Wildman–Crippen MR) is 71.5 cm³/mol. The Morgan fingerprint density at radius 3 is 2.35 bits per heavy atom. The monoisotopic (exact) mass is 253 g/mol. The van der Waals surface area contributed by atoms with Crippen molar-refractivity contribution in [1.82, 2.24) is 4.90 Å². The summed E-state index contributed by atoms with van der Waals surface area (Å²) in [5.41, 5.74) is 1.25. The molecule has 1 heterocycles. The average molecular weight is 254 g/mol. The smallest absolute Gasteiger partial charge is 0.0590 e. The van der Waals surface area contributed by atoms with Gasteiger partial charge in [0, 0.05) is 11.1 Å². The van der Waals surface area contributed by atoms with Crippen LogP contribution in [0.15, 0.2) is 24.3 Å². The van der Waals surface area contributed by atoms with E-state index < -0.39 is 0 Å². The molecular weight excluding hydrogens is 234 g/mol. The Bertz CT molecular complexity index is 333. The van der Waals surface area contributed by atoms with Gasteiger partial charge in [0.25, 0.3) is 0 Å². The van der Waals surface area contributed by atoms with Gasteiger partial charge in [-0.25, -0.2) is 0 Å². The second-order valence-corrected chi connectivity index (χ2v) is 5.20. The third kappa shape index (κ3) is 3.70. The third-order valence-electron chi connectivity index (χ3n) is 3.50. The van der Waals surface area contributed by atoms with Gasteiger partial charge in [-0.2, -0.15) is 0 Å². The molecule has 1 N–H and O–H groups in total. The van der Waals surface area contributed by atoms with Gasteiger partial charge in [0.15, 0.2) is 0 Å². The first kappa shape index (κ1) is 12.9. The van der Waals surface area contributed by atoms with Crippen molar-refractivity contribution in [2.45, 2.75) is 31.7 Å². The average Bonchev–Trinajstić information content (AvgIpc) is 2.39. The summed E-state index contributed by atoms with van der Waals surface area (Å²) in [4.78, 5) is 2.41. The molecule has 0 radical (unpaired) electrons. The van der Waals surface area contributed by atoms with Gasteiger partial charge in [-0.15, -0.1) is 0 Å². The van der Waals surface area contributed by atoms with Crippen LogP contribution in [0, 0.1) is 0 Å². The molecule has 1 atom stereocenters. The van der Waals surface area contributed by atoms with Gasteiger partial charge in [-0.1, -0.05) is 30.2 Å². The van der Waals surface area contributed by atoms with Crippen molar-refractivity contribution in [1.29, 1.82) is 0 Å². The minimum atomic E-state index is 0.239. The zero-order chi connectivity index (χ0) is 12.1. The van der Waals surface area contributed by atoms with Gasteiger partial charge in [0.2, 0.25) is 0 Å². The first-order valence-corrected chi connectivity index (χ1v) is 6.77. The molecule has 0 amide bonds. The second-order valence-electron chi connectivity index (χ2n) is 4.76. The number of aliphatic hydroxyl groups is 1. The van der Waals surface area contributed by atoms with E-state index in [4.69, 9.17) is 11.6 Å². The van der Waals surface area contributed by atoms with Crippen LogP contribution in [0.2, 0.25) is 5.02 Å². The molecule has 0 saturated carbocycles. The van der Waals surface area contributed by atoms with E-state index in [0.717, 1.165) is 24.5 Å². The molecule has 1 aromatic carbocycles. The Hall–Kier alpha value is -0.570. The van der Waals surface area contributed by atoms with Crippen LogP contribution in [-0.4, -0.2) is 35.7 Å². The van der Waals surface area contributed by atoms with Gasteiger partial charge in [-0.3, -0.25) is 4.90 Å². The Balaban J connectivity index is 1.96. The topological polar surface area (TPSA) is 23.5 Å². The van der Waals surface area contributed by atoms with E-state index in [9.17, 15) is 5.11 Å². The van der Waals surface area contributed by atoms with E-state index in [1.165, 1.54) is 24.8 Å². The highest BCUT2D eigenvalue weighted by molar-refractivity contribution is 6.30. The molecule has 1 fully saturated rings. The van der Waals surface area contributed by atoms with Gasteiger partial charge in [0.05, 0.1) is 6.61 Å². The summed E-state index contributed by atoms with van der Waals surface area (Å²) in [5, 5.41) is 10.3. The van der Waals surface area contributed by atoms with E-state index in [1.54, 1.807) is 0 Å². The molecule has 0 spiro atoms. The maximum absolute atomic E-state index is 9.53. The summed E-state index contributed by atoms with van der Waals surface area (Å²) in [6.07, 6.45) is 4.76. The maximum atomic E-state index is 9.53. The molecule has 1 aliphatic rings. The molecule has 3 heteroatoms. The Morgan fingerprint density at radius 2 is 1.76 bits per heavy atom. The van der Waals surface area contributed by atoms with Gasteiger partial charge in [0.1, 0.15) is 0 Å². The third-order valence-corrected chi connectivity index (χ3v) is 3.75. The molecule has 94 valence electrons. The molecule has 1 unspecified atom stereocenters. The van der Waals surface area contributed by atoms with Crippen LogP contribution in [0.25, 0.3) is 0 Å². The molecular formula is C14H20ClNO. The van der Waals surface area contributed by atoms with Crippen molar-refractivity contribution in [3.05, 3.63) is 34.9 Å². The summed E-state index contributed by atoms with van der Waals surface area (Å²) >= 11 is 5.87. The minimum absolute atomic E-state index is 0.239. The van der Waals surface area contributed by atoms with Gasteiger partial charge in [-0.05, 0) is 50.0 Å². The largest absolute Gasteiger partial charge is 0.395 e. The van der Waals surface area contributed by atoms with Crippen molar-refractivity contribution in [3.8, 4) is 0 Å². The Labute approximate surface area is 108 Å². The summed E-state index contributed by atoms with van der Waals surface area (Å²) < 4.78 is 0. The van der Waals surface area contributed by atoms with E-state index in [0.29, 0.717) is 0 Å². The van der Waals surface area contributed by atoms with E-state index >= 15 is 0 Å². The highest BCUT2D eigenvalue weighted by Gasteiger charge is 2.19. The highest BCUT2D eigenvalue weighted by atomic mass is 35.5. The number of rotatable bonds is 4. The molecule has 0 bridgehead atoms. The fraction of sp³-hybridized carbons (Fsp3) is 0.571. The summed E-state index contributed by atoms with van der Waals surface area (Å²) in [7, 11) is 0. The standard InChI is InChI=1S/C14H20ClNO/c15-13-6-4-12(5-7-13)10-14(11-17)16-8-2-1-3-9-16/h4-7,14,17H,1-3,8-11H2. The van der Waals surface area contributed by atoms with Crippen LogP contribution in [0.1, 0.15) is 24.8 Å². The van der Waals surface area contributed by atoms with E-state index in [-0.39, 0.29) is 12.6 Å². The van der Waals surface area contributed by atoms with Crippen molar-refractivity contribution in [2.24, 2.45) is 0 Å².